The maximum atomic E-state index is 12.7. The molecule has 26 heavy (non-hydrogen) atoms. The van der Waals surface area contributed by atoms with Crippen LogP contribution in [-0.4, -0.2) is 19.0 Å². The van der Waals surface area contributed by atoms with Gasteiger partial charge in [0.25, 0.3) is 0 Å². The first-order valence-corrected chi connectivity index (χ1v) is 8.83. The molecule has 5 rings (SSSR count). The summed E-state index contributed by atoms with van der Waals surface area (Å²) in [5.41, 5.74) is 4.03. The highest BCUT2D eigenvalue weighted by molar-refractivity contribution is 6.02. The quantitative estimate of drug-likeness (QED) is 0.669. The Morgan fingerprint density at radius 2 is 1.62 bits per heavy atom. The lowest BCUT2D eigenvalue weighted by molar-refractivity contribution is -0.706. The number of ketones is 1. The van der Waals surface area contributed by atoms with E-state index in [-0.39, 0.29) is 11.8 Å². The first kappa shape index (κ1) is 15.1. The Labute approximate surface area is 151 Å². The minimum absolute atomic E-state index is 0.161. The SMILES string of the molecule is O=C1c2ccccc2CC1[n+]1ccc(-c2cccc3c2OCCO3)cc1. The molecule has 4 nitrogen and oxygen atoms in total. The molecule has 1 unspecified atom stereocenters. The molecule has 0 radical (unpaired) electrons. The van der Waals surface area contributed by atoms with E-state index in [1.54, 1.807) is 0 Å². The maximum absolute atomic E-state index is 12.7. The minimum atomic E-state index is -0.161. The van der Waals surface area contributed by atoms with Gasteiger partial charge in [0.15, 0.2) is 23.9 Å². The number of nitrogens with zero attached hydrogens (tertiary/aromatic N) is 1. The van der Waals surface area contributed by atoms with Crippen molar-refractivity contribution in [3.8, 4) is 22.6 Å². The van der Waals surface area contributed by atoms with Crippen molar-refractivity contribution in [3.63, 3.8) is 0 Å². The molecule has 1 aromatic heterocycles. The van der Waals surface area contributed by atoms with E-state index < -0.39 is 0 Å². The molecule has 0 saturated carbocycles. The highest BCUT2D eigenvalue weighted by Gasteiger charge is 2.36. The molecule has 2 aliphatic rings. The van der Waals surface area contributed by atoms with Crippen LogP contribution in [0.25, 0.3) is 11.1 Å². The second-order valence-electron chi connectivity index (χ2n) is 6.61. The molecular weight excluding hydrogens is 326 g/mol. The van der Waals surface area contributed by atoms with Crippen LogP contribution in [0.1, 0.15) is 22.0 Å². The highest BCUT2D eigenvalue weighted by Crippen LogP contribution is 2.39. The number of benzene rings is 2. The number of Topliss-reactive ketones (excluding diaryl/α,β-unsaturated/α-hetero) is 1. The van der Waals surface area contributed by atoms with Crippen LogP contribution in [0.5, 0.6) is 11.5 Å². The molecule has 2 aromatic carbocycles. The fourth-order valence-corrected chi connectivity index (χ4v) is 3.79. The lowest BCUT2D eigenvalue weighted by Gasteiger charge is -2.20. The molecule has 1 aliphatic carbocycles. The van der Waals surface area contributed by atoms with Crippen molar-refractivity contribution < 1.29 is 18.8 Å². The predicted octanol–water partition coefficient (Wildman–Crippen LogP) is 3.39. The van der Waals surface area contributed by atoms with Crippen LogP contribution >= 0.6 is 0 Å². The molecule has 3 aromatic rings. The zero-order valence-corrected chi connectivity index (χ0v) is 14.2. The minimum Gasteiger partial charge on any atom is -0.486 e. The van der Waals surface area contributed by atoms with Crippen LogP contribution in [0.15, 0.2) is 67.0 Å². The summed E-state index contributed by atoms with van der Waals surface area (Å²) < 4.78 is 13.5. The van der Waals surface area contributed by atoms with Crippen LogP contribution in [0.3, 0.4) is 0 Å². The summed E-state index contributed by atoms with van der Waals surface area (Å²) in [6.45, 7) is 1.14. The largest absolute Gasteiger partial charge is 0.486 e. The fourth-order valence-electron chi connectivity index (χ4n) is 3.79. The van der Waals surface area contributed by atoms with Crippen molar-refractivity contribution >= 4 is 5.78 Å². The van der Waals surface area contributed by atoms with Crippen LogP contribution in [0.4, 0.5) is 0 Å². The van der Waals surface area contributed by atoms with E-state index in [1.807, 2.05) is 71.6 Å². The maximum Gasteiger partial charge on any atom is 0.231 e. The van der Waals surface area contributed by atoms with Crippen molar-refractivity contribution in [2.75, 3.05) is 13.2 Å². The van der Waals surface area contributed by atoms with Gasteiger partial charge in [-0.25, -0.2) is 0 Å². The number of rotatable bonds is 2. The van der Waals surface area contributed by atoms with Gasteiger partial charge in [0.05, 0.1) is 0 Å². The van der Waals surface area contributed by atoms with Gasteiger partial charge in [-0.2, -0.15) is 4.57 Å². The summed E-state index contributed by atoms with van der Waals surface area (Å²) in [4.78, 5) is 12.7. The van der Waals surface area contributed by atoms with E-state index in [0.717, 1.165) is 40.2 Å². The molecule has 0 fully saturated rings. The smallest absolute Gasteiger partial charge is 0.231 e. The number of hydrogen-bond donors (Lipinski definition) is 0. The molecule has 0 spiro atoms. The van der Waals surface area contributed by atoms with Gasteiger partial charge < -0.3 is 9.47 Å². The molecule has 0 amide bonds. The fraction of sp³-hybridized carbons (Fsp3) is 0.182. The number of hydrogen-bond acceptors (Lipinski definition) is 3. The van der Waals surface area contributed by atoms with Crippen LogP contribution < -0.4 is 14.0 Å². The average molecular weight is 344 g/mol. The van der Waals surface area contributed by atoms with Crippen LogP contribution in [-0.2, 0) is 6.42 Å². The van der Waals surface area contributed by atoms with E-state index in [4.69, 9.17) is 9.47 Å². The number of carbonyl (C=O) groups excluding carboxylic acids is 1. The van der Waals surface area contributed by atoms with Gasteiger partial charge in [-0.05, 0) is 17.2 Å². The monoisotopic (exact) mass is 344 g/mol. The standard InChI is InChI=1S/C22H18NO3/c24-21-17-5-2-1-4-16(17)14-19(21)23-10-8-15(9-11-23)18-6-3-7-20-22(18)26-13-12-25-20/h1-11,19H,12-14H2/q+1. The number of aromatic nitrogens is 1. The summed E-state index contributed by atoms with van der Waals surface area (Å²) in [5.74, 6) is 1.76. The lowest BCUT2D eigenvalue weighted by atomic mass is 10.0. The zero-order valence-electron chi connectivity index (χ0n) is 14.2. The number of fused-ring (bicyclic) bond motifs is 2. The Balaban J connectivity index is 1.47. The normalized spacial score (nSPS) is 17.8. The molecular formula is C22H18NO3+. The second-order valence-corrected chi connectivity index (χ2v) is 6.61. The Hall–Kier alpha value is -3.14. The average Bonchev–Trinajstić information content (AvgIpc) is 3.05. The van der Waals surface area contributed by atoms with Crippen LogP contribution in [0, 0.1) is 0 Å². The van der Waals surface area contributed by atoms with Crippen molar-refractivity contribution in [3.05, 3.63) is 78.1 Å². The number of para-hydroxylation sites is 1. The van der Waals surface area contributed by atoms with Gasteiger partial charge in [-0.1, -0.05) is 36.4 Å². The highest BCUT2D eigenvalue weighted by atomic mass is 16.6. The molecule has 1 aliphatic heterocycles. The van der Waals surface area contributed by atoms with Gasteiger partial charge in [-0.15, -0.1) is 0 Å². The summed E-state index contributed by atoms with van der Waals surface area (Å²) in [6, 6.07) is 17.7. The third kappa shape index (κ3) is 2.37. The number of carbonyl (C=O) groups is 1. The van der Waals surface area contributed by atoms with Crippen LogP contribution in [0.2, 0.25) is 0 Å². The van der Waals surface area contributed by atoms with Gasteiger partial charge in [0.1, 0.15) is 13.2 Å². The van der Waals surface area contributed by atoms with E-state index in [2.05, 4.69) is 0 Å². The Morgan fingerprint density at radius 1 is 0.846 bits per heavy atom. The van der Waals surface area contributed by atoms with Crippen molar-refractivity contribution in [1.82, 2.24) is 0 Å². The molecule has 4 heteroatoms. The van der Waals surface area contributed by atoms with Gasteiger partial charge in [0, 0.05) is 29.7 Å². The molecule has 0 bridgehead atoms. The summed E-state index contributed by atoms with van der Waals surface area (Å²) in [6.07, 6.45) is 4.70. The Bertz CT molecular complexity index is 995. The van der Waals surface area contributed by atoms with Gasteiger partial charge >= 0.3 is 0 Å². The number of ether oxygens (including phenoxy) is 2. The zero-order chi connectivity index (χ0) is 17.5. The second kappa shape index (κ2) is 5.99. The summed E-state index contributed by atoms with van der Waals surface area (Å²) >= 11 is 0. The van der Waals surface area contributed by atoms with E-state index in [0.29, 0.717) is 13.2 Å². The van der Waals surface area contributed by atoms with Crippen molar-refractivity contribution in [2.24, 2.45) is 0 Å². The molecule has 0 saturated heterocycles. The molecule has 2 heterocycles. The number of pyridine rings is 1. The molecule has 0 N–H and O–H groups in total. The van der Waals surface area contributed by atoms with E-state index in [1.165, 1.54) is 0 Å². The van der Waals surface area contributed by atoms with Gasteiger partial charge in [-0.3, -0.25) is 4.79 Å². The summed E-state index contributed by atoms with van der Waals surface area (Å²) in [7, 11) is 0. The topological polar surface area (TPSA) is 39.4 Å². The predicted molar refractivity (Wildman–Crippen MR) is 96.6 cm³/mol. The van der Waals surface area contributed by atoms with E-state index >= 15 is 0 Å². The Kier molecular flexibility index (Phi) is 3.49. The summed E-state index contributed by atoms with van der Waals surface area (Å²) in [5, 5.41) is 0. The van der Waals surface area contributed by atoms with Gasteiger partial charge in [0.2, 0.25) is 11.8 Å². The first-order chi connectivity index (χ1) is 12.8. The first-order valence-electron chi connectivity index (χ1n) is 8.83. The molecule has 128 valence electrons. The Morgan fingerprint density at radius 3 is 2.46 bits per heavy atom. The van der Waals surface area contributed by atoms with E-state index in [9.17, 15) is 4.79 Å². The molecule has 1 atom stereocenters. The third-order valence-corrected chi connectivity index (χ3v) is 5.09. The third-order valence-electron chi connectivity index (χ3n) is 5.09. The van der Waals surface area contributed by atoms with Crippen molar-refractivity contribution in [2.45, 2.75) is 12.5 Å². The van der Waals surface area contributed by atoms with Crippen molar-refractivity contribution in [1.29, 1.82) is 0 Å². The lowest BCUT2D eigenvalue weighted by Crippen LogP contribution is -2.42.